The van der Waals surface area contributed by atoms with E-state index in [4.69, 9.17) is 28.3 Å². The molecule has 0 aliphatic rings. The van der Waals surface area contributed by atoms with E-state index in [-0.39, 0.29) is 27.1 Å². The fourth-order valence-corrected chi connectivity index (χ4v) is 3.54. The lowest BCUT2D eigenvalue weighted by molar-refractivity contribution is 0.281. The summed E-state index contributed by atoms with van der Waals surface area (Å²) in [5.74, 6) is 0. The Balaban J connectivity index is 2.42. The summed E-state index contributed by atoms with van der Waals surface area (Å²) in [6.45, 7) is 1.41. The minimum Gasteiger partial charge on any atom is -0.392 e. The predicted molar refractivity (Wildman–Crippen MR) is 82.2 cm³/mol. The highest BCUT2D eigenvalue weighted by Gasteiger charge is 2.20. The van der Waals surface area contributed by atoms with E-state index >= 15 is 0 Å². The predicted octanol–water partition coefficient (Wildman–Crippen LogP) is 2.99. The number of sulfonamides is 1. The highest BCUT2D eigenvalue weighted by Crippen LogP contribution is 2.29. The van der Waals surface area contributed by atoms with Gasteiger partial charge >= 0.3 is 0 Å². The molecule has 2 N–H and O–H groups in total. The van der Waals surface area contributed by atoms with Gasteiger partial charge in [-0.25, -0.2) is 8.42 Å². The zero-order chi connectivity index (χ0) is 15.6. The molecule has 0 saturated carbocycles. The standard InChI is InChI=1S/C13H12Cl2N2O3S/c1-8-2-3-10(6-16-8)17-21(19,20)13-4-9(7-18)11(14)5-12(13)15/h2-6,17-18H,7H2,1H3. The van der Waals surface area contributed by atoms with Crippen LogP contribution in [0.15, 0.2) is 35.4 Å². The number of anilines is 1. The quantitative estimate of drug-likeness (QED) is 0.891. The number of pyridine rings is 1. The van der Waals surface area contributed by atoms with Crippen molar-refractivity contribution in [2.45, 2.75) is 18.4 Å². The van der Waals surface area contributed by atoms with Crippen LogP contribution in [0.3, 0.4) is 0 Å². The molecule has 1 heterocycles. The van der Waals surface area contributed by atoms with E-state index in [1.807, 2.05) is 0 Å². The maximum Gasteiger partial charge on any atom is 0.263 e. The third-order valence-electron chi connectivity index (χ3n) is 2.72. The average Bonchev–Trinajstić information content (AvgIpc) is 2.41. The van der Waals surface area contributed by atoms with Crippen LogP contribution in [0, 0.1) is 6.92 Å². The number of aliphatic hydroxyl groups excluding tert-OH is 1. The Bertz CT molecular complexity index is 762. The molecule has 1 aromatic heterocycles. The Hall–Kier alpha value is -1.34. The van der Waals surface area contributed by atoms with Crippen molar-refractivity contribution in [2.75, 3.05) is 4.72 Å². The molecule has 2 rings (SSSR count). The molecule has 0 fully saturated rings. The number of benzene rings is 1. The molecule has 8 heteroatoms. The number of nitrogens with one attached hydrogen (secondary N) is 1. The summed E-state index contributed by atoms with van der Waals surface area (Å²) in [5, 5.41) is 9.35. The number of hydrogen-bond acceptors (Lipinski definition) is 4. The maximum absolute atomic E-state index is 12.3. The topological polar surface area (TPSA) is 79.3 Å². The number of hydrogen-bond donors (Lipinski definition) is 2. The van der Waals surface area contributed by atoms with Gasteiger partial charge in [-0.1, -0.05) is 23.2 Å². The number of halogens is 2. The fraction of sp³-hybridized carbons (Fsp3) is 0.154. The van der Waals surface area contributed by atoms with Crippen molar-refractivity contribution in [1.82, 2.24) is 4.98 Å². The second-order valence-electron chi connectivity index (χ2n) is 4.33. The molecule has 0 aliphatic heterocycles. The van der Waals surface area contributed by atoms with Crippen molar-refractivity contribution >= 4 is 38.9 Å². The van der Waals surface area contributed by atoms with Crippen LogP contribution in [0.25, 0.3) is 0 Å². The highest BCUT2D eigenvalue weighted by atomic mass is 35.5. The third-order valence-corrected chi connectivity index (χ3v) is 4.92. The van der Waals surface area contributed by atoms with Crippen molar-refractivity contribution < 1.29 is 13.5 Å². The van der Waals surface area contributed by atoms with E-state index in [0.717, 1.165) is 5.69 Å². The number of aliphatic hydroxyl groups is 1. The van der Waals surface area contributed by atoms with E-state index in [1.165, 1.54) is 18.3 Å². The van der Waals surface area contributed by atoms with Crippen LogP contribution in [0.1, 0.15) is 11.3 Å². The summed E-state index contributed by atoms with van der Waals surface area (Å²) in [6.07, 6.45) is 1.41. The molecular formula is C13H12Cl2N2O3S. The van der Waals surface area contributed by atoms with Crippen LogP contribution >= 0.6 is 23.2 Å². The van der Waals surface area contributed by atoms with Crippen molar-refractivity contribution in [3.63, 3.8) is 0 Å². The Morgan fingerprint density at radius 1 is 1.24 bits per heavy atom. The largest absolute Gasteiger partial charge is 0.392 e. The first kappa shape index (κ1) is 16.0. The van der Waals surface area contributed by atoms with Crippen LogP contribution in [0.5, 0.6) is 0 Å². The molecule has 0 atom stereocenters. The zero-order valence-electron chi connectivity index (χ0n) is 11.0. The van der Waals surface area contributed by atoms with Gasteiger partial charge in [0.25, 0.3) is 10.0 Å². The Morgan fingerprint density at radius 2 is 1.95 bits per heavy atom. The summed E-state index contributed by atoms with van der Waals surface area (Å²) >= 11 is 11.8. The second-order valence-corrected chi connectivity index (χ2v) is 6.79. The van der Waals surface area contributed by atoms with Crippen LogP contribution in [0.2, 0.25) is 10.0 Å². The monoisotopic (exact) mass is 346 g/mol. The minimum absolute atomic E-state index is 0.0234. The van der Waals surface area contributed by atoms with Gasteiger partial charge in [0.05, 0.1) is 23.5 Å². The molecule has 0 amide bonds. The minimum atomic E-state index is -3.90. The second kappa shape index (κ2) is 6.19. The first-order valence-electron chi connectivity index (χ1n) is 5.88. The molecule has 21 heavy (non-hydrogen) atoms. The first-order valence-corrected chi connectivity index (χ1v) is 8.11. The Kier molecular flexibility index (Phi) is 4.73. The third kappa shape index (κ3) is 3.65. The molecule has 0 aliphatic carbocycles. The molecule has 2 aromatic rings. The number of aromatic nitrogens is 1. The molecule has 1 aromatic carbocycles. The molecule has 5 nitrogen and oxygen atoms in total. The molecule has 0 radical (unpaired) electrons. The lowest BCUT2D eigenvalue weighted by Crippen LogP contribution is -2.14. The van der Waals surface area contributed by atoms with Crippen molar-refractivity contribution in [1.29, 1.82) is 0 Å². The van der Waals surface area contributed by atoms with E-state index in [2.05, 4.69) is 9.71 Å². The lowest BCUT2D eigenvalue weighted by atomic mass is 10.2. The van der Waals surface area contributed by atoms with E-state index in [9.17, 15) is 8.42 Å². The summed E-state index contributed by atoms with van der Waals surface area (Å²) < 4.78 is 27.1. The Labute approximate surface area is 132 Å². The van der Waals surface area contributed by atoms with E-state index in [0.29, 0.717) is 5.69 Å². The molecule has 0 spiro atoms. The van der Waals surface area contributed by atoms with Crippen LogP contribution < -0.4 is 4.72 Å². The first-order chi connectivity index (χ1) is 9.83. The molecular weight excluding hydrogens is 335 g/mol. The molecule has 0 unspecified atom stereocenters. The maximum atomic E-state index is 12.3. The van der Waals surface area contributed by atoms with Gasteiger partial charge in [0, 0.05) is 10.7 Å². The summed E-state index contributed by atoms with van der Waals surface area (Å²) in [6, 6.07) is 5.81. The average molecular weight is 347 g/mol. The van der Waals surface area contributed by atoms with Gasteiger partial charge in [0.2, 0.25) is 0 Å². The zero-order valence-corrected chi connectivity index (χ0v) is 13.3. The smallest absolute Gasteiger partial charge is 0.263 e. The van der Waals surface area contributed by atoms with Crippen molar-refractivity contribution in [3.8, 4) is 0 Å². The summed E-state index contributed by atoms with van der Waals surface area (Å²) in [5.41, 5.74) is 1.37. The van der Waals surface area contributed by atoms with Crippen LogP contribution in [-0.4, -0.2) is 18.5 Å². The Morgan fingerprint density at radius 3 is 2.52 bits per heavy atom. The van der Waals surface area contributed by atoms with Gasteiger partial charge in [-0.15, -0.1) is 0 Å². The lowest BCUT2D eigenvalue weighted by Gasteiger charge is -2.11. The molecule has 0 saturated heterocycles. The SMILES string of the molecule is Cc1ccc(NS(=O)(=O)c2cc(CO)c(Cl)cc2Cl)cn1. The molecule has 0 bridgehead atoms. The highest BCUT2D eigenvalue weighted by molar-refractivity contribution is 7.92. The van der Waals surface area contributed by atoms with E-state index < -0.39 is 10.0 Å². The summed E-state index contributed by atoms with van der Waals surface area (Å²) in [4.78, 5) is 3.85. The number of aryl methyl sites for hydroxylation is 1. The van der Waals surface area contributed by atoms with Crippen molar-refractivity contribution in [2.24, 2.45) is 0 Å². The number of rotatable bonds is 4. The normalized spacial score (nSPS) is 11.4. The van der Waals surface area contributed by atoms with Gasteiger partial charge in [0.1, 0.15) is 4.90 Å². The van der Waals surface area contributed by atoms with Crippen LogP contribution in [0.4, 0.5) is 5.69 Å². The van der Waals surface area contributed by atoms with Gasteiger partial charge in [0.15, 0.2) is 0 Å². The van der Waals surface area contributed by atoms with Gasteiger partial charge in [-0.2, -0.15) is 0 Å². The van der Waals surface area contributed by atoms with Gasteiger partial charge in [-0.05, 0) is 36.8 Å². The van der Waals surface area contributed by atoms with Crippen molar-refractivity contribution in [3.05, 3.63) is 51.8 Å². The summed E-state index contributed by atoms with van der Waals surface area (Å²) in [7, 11) is -3.90. The van der Waals surface area contributed by atoms with E-state index in [1.54, 1.807) is 19.1 Å². The molecule has 112 valence electrons. The van der Waals surface area contributed by atoms with Gasteiger partial charge in [-0.3, -0.25) is 9.71 Å². The van der Waals surface area contributed by atoms with Gasteiger partial charge < -0.3 is 5.11 Å². The fourth-order valence-electron chi connectivity index (χ4n) is 1.64. The van der Waals surface area contributed by atoms with Crippen LogP contribution in [-0.2, 0) is 16.6 Å². The number of nitrogens with zero attached hydrogens (tertiary/aromatic N) is 1.